The van der Waals surface area contributed by atoms with Gasteiger partial charge in [0.15, 0.2) is 0 Å². The molecule has 0 saturated heterocycles. The van der Waals surface area contributed by atoms with Gasteiger partial charge in [-0.15, -0.1) is 0 Å². The van der Waals surface area contributed by atoms with Gasteiger partial charge in [-0.2, -0.15) is 0 Å². The van der Waals surface area contributed by atoms with Crippen LogP contribution < -0.4 is 14.7 Å². The summed E-state index contributed by atoms with van der Waals surface area (Å²) in [4.78, 5) is 7.09. The Bertz CT molecular complexity index is 9840. The molecule has 7 aromatic heterocycles. The number of benzene rings is 21. The van der Waals surface area contributed by atoms with Gasteiger partial charge in [0.25, 0.3) is 0 Å². The van der Waals surface area contributed by atoms with Gasteiger partial charge >= 0.3 is 0 Å². The van der Waals surface area contributed by atoms with Crippen molar-refractivity contribution in [3.63, 3.8) is 0 Å². The first-order valence-corrected chi connectivity index (χ1v) is 45.3. The van der Waals surface area contributed by atoms with E-state index in [2.05, 4.69) is 423 Å². The summed E-state index contributed by atoms with van der Waals surface area (Å²) in [7, 11) is 0. The molecule has 0 saturated carbocycles. The lowest BCUT2D eigenvalue weighted by molar-refractivity contribution is 0.660. The van der Waals surface area contributed by atoms with Gasteiger partial charge in [-0.1, -0.05) is 214 Å². The standard InChI is InChI=1S/C123H73N3O7/c1-123(2)98-34-19-17-32-88(98)89-48-46-86(68-99(89)123)125(83-28-11-5-12-29-83)100-35-21-37-104-114(100)117-105(128-104)53-50-93-96-59-79-57-75(39-41-76(79)64-109(96)132-120(93)117)81-62-102(126(84-30-13-6-14-31-84)87-47-49-91-90-33-18-20-36-103(90)127-111(91)69-87)116-113(67-81)130-107-55-52-94-97-60-78-56-74(38-40-77(78)65-110(97)133-122(94)119(107)116)80-61-101(124(82-26-9-4-10-27-82)85-44-42-71(43-45-85)70-22-7-3-8-23-70)115-112(66-80)129-106-54-51-92-95-58-72-24-15-16-25-73(72)63-108(95)131-121(92)118(106)115/h3-69H,1-2H3. The molecule has 7 heterocycles. The van der Waals surface area contributed by atoms with Gasteiger partial charge in [-0.05, 0) is 288 Å². The third-order valence-corrected chi connectivity index (χ3v) is 28.3. The third kappa shape index (κ3) is 11.0. The molecule has 622 valence electrons. The van der Waals surface area contributed by atoms with Crippen LogP contribution in [0.15, 0.2) is 437 Å². The van der Waals surface area contributed by atoms with E-state index >= 15 is 0 Å². The molecule has 0 aliphatic heterocycles. The quantitative estimate of drug-likeness (QED) is 0.118. The van der Waals surface area contributed by atoms with E-state index in [9.17, 15) is 0 Å². The number of rotatable bonds is 12. The average molecular weight is 1700 g/mol. The molecule has 133 heavy (non-hydrogen) atoms. The van der Waals surface area contributed by atoms with Gasteiger partial charge in [-0.25, -0.2) is 0 Å². The third-order valence-electron chi connectivity index (χ3n) is 28.3. The minimum Gasteiger partial charge on any atom is -0.456 e. The van der Waals surface area contributed by atoms with Crippen LogP contribution in [0.1, 0.15) is 25.0 Å². The van der Waals surface area contributed by atoms with E-state index in [1.165, 1.54) is 22.3 Å². The maximum Gasteiger partial charge on any atom is 0.147 e. The van der Waals surface area contributed by atoms with Crippen LogP contribution in [0.4, 0.5) is 51.2 Å². The second-order valence-corrected chi connectivity index (χ2v) is 36.1. The van der Waals surface area contributed by atoms with Crippen molar-refractivity contribution in [1.82, 2.24) is 0 Å². The summed E-state index contributed by atoms with van der Waals surface area (Å²) in [5, 5.41) is 20.1. The summed E-state index contributed by atoms with van der Waals surface area (Å²) in [5.74, 6) is 0. The van der Waals surface area contributed by atoms with Crippen LogP contribution in [0.5, 0.6) is 0 Å². The Kier molecular flexibility index (Phi) is 15.3. The van der Waals surface area contributed by atoms with Gasteiger partial charge < -0.3 is 45.6 Å². The van der Waals surface area contributed by atoms with Gasteiger partial charge in [-0.3, -0.25) is 0 Å². The van der Waals surface area contributed by atoms with Gasteiger partial charge in [0, 0.05) is 88.7 Å². The van der Waals surface area contributed by atoms with Crippen LogP contribution in [-0.2, 0) is 5.41 Å². The monoisotopic (exact) mass is 1700 g/mol. The Morgan fingerprint density at radius 2 is 0.549 bits per heavy atom. The fraction of sp³-hybridized carbons (Fsp3) is 0.0244. The summed E-state index contributed by atoms with van der Waals surface area (Å²) in [6.07, 6.45) is 0. The van der Waals surface area contributed by atoms with Crippen molar-refractivity contribution >= 4 is 237 Å². The number of para-hydroxylation sites is 4. The number of anilines is 9. The summed E-state index contributed by atoms with van der Waals surface area (Å²) in [6.45, 7) is 4.68. The SMILES string of the molecule is CC1(C)c2ccccc2-c2ccc(N(c3ccccc3)c3cccc4oc5ccc6c7cc8cc(-c9cc(N(c%10ccccc%10)c%10ccc%11c(c%10)oc%10ccccc%10%11)c%10c(c9)oc9ccc%11c%12cc%13cc(-c%14cc(N(c%15ccccc%15)c%15ccc(-c%16ccccc%16)cc%15)c%15c(c%14)oc%14ccc%16c%17cc%18ccccc%18cc%17oc%16c%14%15)ccc%13cc%12oc%11c9%10)ccc8cc7oc6c5c34)cc21. The van der Waals surface area contributed by atoms with Crippen LogP contribution >= 0.6 is 0 Å². The highest BCUT2D eigenvalue weighted by atomic mass is 16.4. The number of furan rings is 7. The fourth-order valence-corrected chi connectivity index (χ4v) is 22.0. The van der Waals surface area contributed by atoms with Gasteiger partial charge in [0.05, 0.1) is 49.4 Å². The average Bonchev–Trinajstić information content (AvgIpc) is 1.56. The molecule has 29 rings (SSSR count). The van der Waals surface area contributed by atoms with Crippen molar-refractivity contribution in [3.8, 4) is 44.5 Å². The zero-order valence-corrected chi connectivity index (χ0v) is 71.9. The molecule has 28 aromatic rings. The molecular weight excluding hydrogens is 1630 g/mol. The van der Waals surface area contributed by atoms with E-state index in [-0.39, 0.29) is 5.41 Å². The fourth-order valence-electron chi connectivity index (χ4n) is 22.0. The molecule has 0 bridgehead atoms. The molecule has 1 aliphatic carbocycles. The Morgan fingerprint density at radius 1 is 0.173 bits per heavy atom. The van der Waals surface area contributed by atoms with Crippen molar-refractivity contribution in [2.45, 2.75) is 19.3 Å². The zero-order chi connectivity index (χ0) is 87.2. The second kappa shape index (κ2) is 27.7. The lowest BCUT2D eigenvalue weighted by Gasteiger charge is -2.28. The molecule has 0 atom stereocenters. The predicted octanol–water partition coefficient (Wildman–Crippen LogP) is 36.2. The highest BCUT2D eigenvalue weighted by molar-refractivity contribution is 6.30. The maximum atomic E-state index is 7.41. The van der Waals surface area contributed by atoms with E-state index in [1.807, 2.05) is 12.1 Å². The van der Waals surface area contributed by atoms with Crippen LogP contribution in [0.25, 0.3) is 230 Å². The van der Waals surface area contributed by atoms with Gasteiger partial charge in [0.1, 0.15) is 78.2 Å². The maximum absolute atomic E-state index is 7.41. The van der Waals surface area contributed by atoms with Crippen LogP contribution in [0, 0.1) is 0 Å². The summed E-state index contributed by atoms with van der Waals surface area (Å²) in [6, 6.07) is 146. The first-order chi connectivity index (χ1) is 65.6. The molecule has 21 aromatic carbocycles. The normalized spacial score (nSPS) is 12.8. The molecular formula is C123H73N3O7. The van der Waals surface area contributed by atoms with E-state index in [0.29, 0.717) is 11.2 Å². The molecule has 1 aliphatic rings. The summed E-state index contributed by atoms with van der Waals surface area (Å²) in [5.41, 5.74) is 30.7. The zero-order valence-electron chi connectivity index (χ0n) is 71.9. The summed E-state index contributed by atoms with van der Waals surface area (Å²) < 4.78 is 49.9. The molecule has 0 fully saturated rings. The number of hydrogen-bond donors (Lipinski definition) is 0. The smallest absolute Gasteiger partial charge is 0.147 e. The van der Waals surface area contributed by atoms with Crippen LogP contribution in [-0.4, -0.2) is 0 Å². The van der Waals surface area contributed by atoms with Crippen LogP contribution in [0.2, 0.25) is 0 Å². The second-order valence-electron chi connectivity index (χ2n) is 36.1. The number of nitrogens with zero attached hydrogens (tertiary/aromatic N) is 3. The Hall–Kier alpha value is -17.6. The van der Waals surface area contributed by atoms with Crippen LogP contribution in [0.3, 0.4) is 0 Å². The van der Waals surface area contributed by atoms with Crippen molar-refractivity contribution in [3.05, 3.63) is 418 Å². The molecule has 0 spiro atoms. The van der Waals surface area contributed by atoms with Gasteiger partial charge in [0.2, 0.25) is 0 Å². The Morgan fingerprint density at radius 3 is 1.12 bits per heavy atom. The topological polar surface area (TPSA) is 102 Å². The lowest BCUT2D eigenvalue weighted by atomic mass is 9.82. The van der Waals surface area contributed by atoms with Crippen molar-refractivity contribution < 1.29 is 30.9 Å². The van der Waals surface area contributed by atoms with E-state index < -0.39 is 0 Å². The van der Waals surface area contributed by atoms with Crippen molar-refractivity contribution in [1.29, 1.82) is 0 Å². The van der Waals surface area contributed by atoms with E-state index in [4.69, 9.17) is 30.9 Å². The number of hydrogen-bond acceptors (Lipinski definition) is 10. The largest absolute Gasteiger partial charge is 0.456 e. The molecule has 0 radical (unpaired) electrons. The minimum atomic E-state index is -0.200. The number of fused-ring (bicyclic) bond motifs is 30. The van der Waals surface area contributed by atoms with Crippen molar-refractivity contribution in [2.75, 3.05) is 14.7 Å². The Labute approximate surface area is 759 Å². The highest BCUT2D eigenvalue weighted by Gasteiger charge is 2.37. The first kappa shape index (κ1) is 73.4. The molecule has 10 nitrogen and oxygen atoms in total. The highest BCUT2D eigenvalue weighted by Crippen LogP contribution is 2.57. The first-order valence-electron chi connectivity index (χ1n) is 45.3. The predicted molar refractivity (Wildman–Crippen MR) is 548 cm³/mol. The molecule has 0 amide bonds. The lowest BCUT2D eigenvalue weighted by Crippen LogP contribution is -2.16. The molecule has 0 unspecified atom stereocenters. The minimum absolute atomic E-state index is 0.200. The summed E-state index contributed by atoms with van der Waals surface area (Å²) >= 11 is 0. The molecule has 0 N–H and O–H groups in total. The van der Waals surface area contributed by atoms with E-state index in [0.717, 1.165) is 259 Å². The molecule has 10 heteroatoms. The van der Waals surface area contributed by atoms with E-state index in [1.54, 1.807) is 0 Å². The van der Waals surface area contributed by atoms with Crippen molar-refractivity contribution in [2.24, 2.45) is 0 Å². The Balaban J connectivity index is 0.595.